The van der Waals surface area contributed by atoms with Crippen LogP contribution in [-0.4, -0.2) is 0 Å². The van der Waals surface area contributed by atoms with Gasteiger partial charge in [0.1, 0.15) is 11.2 Å². The number of para-hydroxylation sites is 1. The van der Waals surface area contributed by atoms with E-state index in [0.29, 0.717) is 0 Å². The van der Waals surface area contributed by atoms with Crippen LogP contribution in [0, 0.1) is 0 Å². The molecule has 0 bridgehead atoms. The van der Waals surface area contributed by atoms with Crippen LogP contribution in [-0.2, 0) is 0 Å². The van der Waals surface area contributed by atoms with Crippen LogP contribution in [0.5, 0.6) is 0 Å². The van der Waals surface area contributed by atoms with Crippen molar-refractivity contribution in [1.29, 1.82) is 0 Å². The summed E-state index contributed by atoms with van der Waals surface area (Å²) in [6, 6.07) is 76.5. The molecule has 0 atom stereocenters. The van der Waals surface area contributed by atoms with Crippen molar-refractivity contribution >= 4 is 70.5 Å². The minimum atomic E-state index is 0.889. The van der Waals surface area contributed by atoms with Crippen molar-refractivity contribution < 1.29 is 4.42 Å². The summed E-state index contributed by atoms with van der Waals surface area (Å²) in [6.07, 6.45) is 0. The molecule has 0 saturated heterocycles. The molecular formula is C54H35NOS. The van der Waals surface area contributed by atoms with E-state index in [0.717, 1.165) is 55.7 Å². The first-order chi connectivity index (χ1) is 28.2. The maximum Gasteiger partial charge on any atom is 0.136 e. The fourth-order valence-electron chi connectivity index (χ4n) is 8.33. The Labute approximate surface area is 335 Å². The van der Waals surface area contributed by atoms with Gasteiger partial charge in [-0.1, -0.05) is 158 Å². The molecule has 0 aliphatic heterocycles. The van der Waals surface area contributed by atoms with Gasteiger partial charge in [0.2, 0.25) is 0 Å². The van der Waals surface area contributed by atoms with E-state index in [9.17, 15) is 0 Å². The summed E-state index contributed by atoms with van der Waals surface area (Å²) in [6.45, 7) is 0. The molecule has 0 spiro atoms. The Morgan fingerprint density at radius 1 is 0.351 bits per heavy atom. The second-order valence-electron chi connectivity index (χ2n) is 14.5. The summed E-state index contributed by atoms with van der Waals surface area (Å²) >= 11 is 1.86. The Balaban J connectivity index is 1.12. The number of nitrogens with zero attached hydrogens (tertiary/aromatic N) is 1. The minimum absolute atomic E-state index is 0.889. The van der Waals surface area contributed by atoms with Gasteiger partial charge in [0.15, 0.2) is 0 Å². The summed E-state index contributed by atoms with van der Waals surface area (Å²) in [7, 11) is 0. The van der Waals surface area contributed by atoms with E-state index in [4.69, 9.17) is 4.42 Å². The topological polar surface area (TPSA) is 16.4 Å². The van der Waals surface area contributed by atoms with Crippen LogP contribution in [0.15, 0.2) is 217 Å². The molecule has 3 heteroatoms. The van der Waals surface area contributed by atoms with Crippen molar-refractivity contribution in [3.63, 3.8) is 0 Å². The summed E-state index contributed by atoms with van der Waals surface area (Å²) in [5.74, 6) is 0. The van der Waals surface area contributed by atoms with E-state index in [1.54, 1.807) is 0 Å². The zero-order valence-corrected chi connectivity index (χ0v) is 31.8. The molecule has 0 aliphatic rings. The van der Waals surface area contributed by atoms with Crippen molar-refractivity contribution in [2.75, 3.05) is 4.90 Å². The fraction of sp³-hybridized carbons (Fsp3) is 0. The molecule has 2 heterocycles. The lowest BCUT2D eigenvalue weighted by molar-refractivity contribution is 0.669. The number of anilines is 3. The van der Waals surface area contributed by atoms with Gasteiger partial charge in [0.05, 0.1) is 10.4 Å². The van der Waals surface area contributed by atoms with Crippen molar-refractivity contribution in [3.05, 3.63) is 212 Å². The van der Waals surface area contributed by atoms with Gasteiger partial charge in [-0.25, -0.2) is 0 Å². The molecule has 268 valence electrons. The summed E-state index contributed by atoms with van der Waals surface area (Å²) < 4.78 is 8.93. The summed E-state index contributed by atoms with van der Waals surface area (Å²) in [5, 5.41) is 4.80. The van der Waals surface area contributed by atoms with E-state index in [2.05, 4.69) is 211 Å². The van der Waals surface area contributed by atoms with Gasteiger partial charge in [0.25, 0.3) is 0 Å². The predicted octanol–water partition coefficient (Wildman–Crippen LogP) is 16.1. The maximum atomic E-state index is 6.39. The van der Waals surface area contributed by atoms with Crippen LogP contribution >= 0.6 is 11.3 Å². The molecule has 2 nitrogen and oxygen atoms in total. The third kappa shape index (κ3) is 5.88. The molecule has 0 aliphatic carbocycles. The Bertz CT molecular complexity index is 3210. The zero-order valence-electron chi connectivity index (χ0n) is 31.0. The highest BCUT2D eigenvalue weighted by Gasteiger charge is 2.21. The van der Waals surface area contributed by atoms with E-state index in [1.807, 2.05) is 17.4 Å². The second-order valence-corrected chi connectivity index (χ2v) is 15.5. The maximum absolute atomic E-state index is 6.39. The molecule has 0 saturated carbocycles. The second kappa shape index (κ2) is 13.8. The SMILES string of the molecule is c1ccc(-c2ccc(-c3ccc(N(c4cc(-c5ccccc5)cc(-c5cccc6oc7ccccc7c56)c4)c4cccc5c4sc4ccccc45)cc3)cc2)cc1. The zero-order chi connectivity index (χ0) is 37.7. The monoisotopic (exact) mass is 745 g/mol. The average Bonchev–Trinajstić information content (AvgIpc) is 3.87. The van der Waals surface area contributed by atoms with Gasteiger partial charge >= 0.3 is 0 Å². The molecule has 57 heavy (non-hydrogen) atoms. The highest BCUT2D eigenvalue weighted by Crippen LogP contribution is 2.47. The predicted molar refractivity (Wildman–Crippen MR) is 243 cm³/mol. The molecule has 0 fully saturated rings. The average molecular weight is 746 g/mol. The molecule has 11 aromatic rings. The van der Waals surface area contributed by atoms with Crippen molar-refractivity contribution in [1.82, 2.24) is 0 Å². The first-order valence-corrected chi connectivity index (χ1v) is 20.1. The van der Waals surface area contributed by atoms with Crippen LogP contribution < -0.4 is 4.90 Å². The largest absolute Gasteiger partial charge is 0.456 e. The molecule has 0 radical (unpaired) electrons. The first kappa shape index (κ1) is 33.2. The standard InChI is InChI=1S/C54H35NOS/c1-3-13-36(14-4-1)38-25-27-39(28-26-38)40-29-31-43(32-30-40)55(49-21-11-20-47-46-17-8-10-24-52(46)57-54(47)49)44-34-41(37-15-5-2-6-16-37)33-42(35-44)45-19-12-23-51-53(45)48-18-7-9-22-50(48)56-51/h1-35H. The highest BCUT2D eigenvalue weighted by atomic mass is 32.1. The number of hydrogen-bond acceptors (Lipinski definition) is 3. The number of rotatable bonds is 7. The van der Waals surface area contributed by atoms with Gasteiger partial charge < -0.3 is 9.32 Å². The normalized spacial score (nSPS) is 11.5. The van der Waals surface area contributed by atoms with Crippen LogP contribution in [0.1, 0.15) is 0 Å². The van der Waals surface area contributed by atoms with Crippen LogP contribution in [0.4, 0.5) is 17.1 Å². The summed E-state index contributed by atoms with van der Waals surface area (Å²) in [5.41, 5.74) is 14.5. The van der Waals surface area contributed by atoms with Gasteiger partial charge in [-0.15, -0.1) is 11.3 Å². The van der Waals surface area contributed by atoms with Crippen molar-refractivity contribution in [2.45, 2.75) is 0 Å². The fourth-order valence-corrected chi connectivity index (χ4v) is 9.54. The third-order valence-corrected chi connectivity index (χ3v) is 12.3. The van der Waals surface area contributed by atoms with E-state index in [1.165, 1.54) is 48.0 Å². The Kier molecular flexibility index (Phi) is 8.04. The van der Waals surface area contributed by atoms with Gasteiger partial charge in [-0.2, -0.15) is 0 Å². The number of benzene rings is 9. The number of hydrogen-bond donors (Lipinski definition) is 0. The molecular weight excluding hydrogens is 711 g/mol. The number of furan rings is 1. The van der Waals surface area contributed by atoms with Crippen LogP contribution in [0.25, 0.3) is 86.6 Å². The van der Waals surface area contributed by atoms with Gasteiger partial charge in [-0.3, -0.25) is 0 Å². The van der Waals surface area contributed by atoms with Crippen LogP contribution in [0.2, 0.25) is 0 Å². The lowest BCUT2D eigenvalue weighted by atomic mass is 9.94. The molecule has 2 aromatic heterocycles. The van der Waals surface area contributed by atoms with Gasteiger partial charge in [-0.05, 0) is 99.1 Å². The molecule has 0 amide bonds. The minimum Gasteiger partial charge on any atom is -0.456 e. The molecule has 0 unspecified atom stereocenters. The molecule has 9 aromatic carbocycles. The quantitative estimate of drug-likeness (QED) is 0.162. The first-order valence-electron chi connectivity index (χ1n) is 19.3. The van der Waals surface area contributed by atoms with E-state index < -0.39 is 0 Å². The Morgan fingerprint density at radius 3 is 1.63 bits per heavy atom. The van der Waals surface area contributed by atoms with Crippen molar-refractivity contribution in [3.8, 4) is 44.5 Å². The lowest BCUT2D eigenvalue weighted by Gasteiger charge is -2.27. The third-order valence-electron chi connectivity index (χ3n) is 11.1. The Morgan fingerprint density at radius 2 is 0.895 bits per heavy atom. The number of fused-ring (bicyclic) bond motifs is 6. The van der Waals surface area contributed by atoms with E-state index >= 15 is 0 Å². The highest BCUT2D eigenvalue weighted by molar-refractivity contribution is 7.26. The van der Waals surface area contributed by atoms with E-state index in [-0.39, 0.29) is 0 Å². The van der Waals surface area contributed by atoms with Crippen LogP contribution in [0.3, 0.4) is 0 Å². The molecule has 0 N–H and O–H groups in total. The lowest BCUT2D eigenvalue weighted by Crippen LogP contribution is -2.10. The smallest absolute Gasteiger partial charge is 0.136 e. The summed E-state index contributed by atoms with van der Waals surface area (Å²) in [4.78, 5) is 2.45. The number of thiophene rings is 1. The van der Waals surface area contributed by atoms with Gasteiger partial charge in [0, 0.05) is 37.6 Å². The van der Waals surface area contributed by atoms with Crippen molar-refractivity contribution in [2.24, 2.45) is 0 Å². The Hall–Kier alpha value is -7.20. The molecule has 11 rings (SSSR count).